The standard InChI is InChI=1S/C13H13Cl2NO5S/c14-7-2-3-9(15)8(6-7)12-10(17)11(18)13(21-12)16-4-1-5-22(16,19)20/h2-3,6,17-20H,1,4-5H2. The molecule has 3 rings (SSSR count). The molecule has 9 heteroatoms. The third-order valence-electron chi connectivity index (χ3n) is 3.37. The number of furan rings is 1. The van der Waals surface area contributed by atoms with Crippen LogP contribution in [-0.4, -0.2) is 31.6 Å². The van der Waals surface area contributed by atoms with E-state index in [1.54, 1.807) is 6.07 Å². The molecule has 0 radical (unpaired) electrons. The van der Waals surface area contributed by atoms with Crippen molar-refractivity contribution in [2.45, 2.75) is 6.42 Å². The Hall–Kier alpha value is -1.25. The lowest BCUT2D eigenvalue weighted by Gasteiger charge is -2.35. The molecule has 120 valence electrons. The van der Waals surface area contributed by atoms with E-state index in [0.29, 0.717) is 23.6 Å². The topological polar surface area (TPSA) is 97.3 Å². The van der Waals surface area contributed by atoms with Gasteiger partial charge in [-0.25, -0.2) is 4.31 Å². The molecular formula is C13H13Cl2NO5S. The molecule has 1 aromatic heterocycles. The Balaban J connectivity index is 2.12. The van der Waals surface area contributed by atoms with Crippen molar-refractivity contribution in [1.29, 1.82) is 0 Å². The van der Waals surface area contributed by atoms with Gasteiger partial charge in [-0.2, -0.15) is 0 Å². The summed E-state index contributed by atoms with van der Waals surface area (Å²) in [6, 6.07) is 4.58. The molecule has 1 aliphatic heterocycles. The molecule has 1 aliphatic rings. The predicted molar refractivity (Wildman–Crippen MR) is 87.2 cm³/mol. The minimum Gasteiger partial charge on any atom is -0.502 e. The number of nitrogens with zero attached hydrogens (tertiary/aromatic N) is 1. The zero-order valence-corrected chi connectivity index (χ0v) is 13.5. The molecule has 0 spiro atoms. The summed E-state index contributed by atoms with van der Waals surface area (Å²) in [5.74, 6) is -1.18. The van der Waals surface area contributed by atoms with Gasteiger partial charge in [-0.3, -0.25) is 9.11 Å². The number of aromatic hydroxyl groups is 2. The Labute approximate surface area is 138 Å². The molecule has 0 unspecified atom stereocenters. The van der Waals surface area contributed by atoms with Crippen LogP contribution in [0.4, 0.5) is 5.88 Å². The minimum absolute atomic E-state index is 0.0814. The highest BCUT2D eigenvalue weighted by Gasteiger charge is 2.36. The Morgan fingerprint density at radius 1 is 1.14 bits per heavy atom. The van der Waals surface area contributed by atoms with Crippen molar-refractivity contribution in [3.05, 3.63) is 28.2 Å². The predicted octanol–water partition coefficient (Wildman–Crippen LogP) is 4.54. The Morgan fingerprint density at radius 3 is 2.50 bits per heavy atom. The number of hydrogen-bond acceptors (Lipinski definition) is 6. The molecule has 1 saturated heterocycles. The summed E-state index contributed by atoms with van der Waals surface area (Å²) in [6.45, 7) is 0.297. The largest absolute Gasteiger partial charge is 0.502 e. The van der Waals surface area contributed by atoms with Crippen LogP contribution in [0.5, 0.6) is 11.5 Å². The number of halogens is 2. The van der Waals surface area contributed by atoms with Crippen molar-refractivity contribution < 1.29 is 23.7 Å². The first kappa shape index (κ1) is 15.6. The first-order chi connectivity index (χ1) is 10.3. The lowest BCUT2D eigenvalue weighted by Crippen LogP contribution is -2.21. The van der Waals surface area contributed by atoms with Gasteiger partial charge >= 0.3 is 0 Å². The first-order valence-corrected chi connectivity index (χ1v) is 8.78. The van der Waals surface area contributed by atoms with E-state index in [0.717, 1.165) is 4.31 Å². The van der Waals surface area contributed by atoms with Gasteiger partial charge in [0.05, 0.1) is 10.8 Å². The summed E-state index contributed by atoms with van der Waals surface area (Å²) in [7, 11) is -3.06. The van der Waals surface area contributed by atoms with E-state index in [4.69, 9.17) is 27.6 Å². The molecular weight excluding hydrogens is 353 g/mol. The molecule has 0 bridgehead atoms. The molecule has 2 aromatic rings. The van der Waals surface area contributed by atoms with Gasteiger partial charge in [-0.1, -0.05) is 23.2 Å². The van der Waals surface area contributed by atoms with Gasteiger partial charge in [0.15, 0.2) is 5.76 Å². The highest BCUT2D eigenvalue weighted by Crippen LogP contribution is 2.57. The van der Waals surface area contributed by atoms with E-state index >= 15 is 0 Å². The Morgan fingerprint density at radius 2 is 1.86 bits per heavy atom. The molecule has 0 atom stereocenters. The van der Waals surface area contributed by atoms with E-state index in [1.807, 2.05) is 0 Å². The third-order valence-corrected chi connectivity index (χ3v) is 5.83. The smallest absolute Gasteiger partial charge is 0.261 e. The Kier molecular flexibility index (Phi) is 3.86. The van der Waals surface area contributed by atoms with Crippen LogP contribution in [0, 0.1) is 0 Å². The van der Waals surface area contributed by atoms with E-state index in [-0.39, 0.29) is 22.4 Å². The summed E-state index contributed by atoms with van der Waals surface area (Å²) < 4.78 is 26.6. The molecule has 0 amide bonds. The van der Waals surface area contributed by atoms with Crippen molar-refractivity contribution in [1.82, 2.24) is 0 Å². The van der Waals surface area contributed by atoms with E-state index in [2.05, 4.69) is 0 Å². The Bertz CT molecular complexity index is 733. The minimum atomic E-state index is -3.06. The highest BCUT2D eigenvalue weighted by molar-refractivity contribution is 8.25. The van der Waals surface area contributed by atoms with Crippen molar-refractivity contribution in [2.75, 3.05) is 16.6 Å². The summed E-state index contributed by atoms with van der Waals surface area (Å²) >= 11 is 12.0. The average molecular weight is 366 g/mol. The summed E-state index contributed by atoms with van der Waals surface area (Å²) in [6.07, 6.45) is 0.538. The van der Waals surface area contributed by atoms with E-state index in [9.17, 15) is 19.3 Å². The van der Waals surface area contributed by atoms with Gasteiger partial charge in [0, 0.05) is 17.1 Å². The monoisotopic (exact) mass is 365 g/mol. The second-order valence-electron chi connectivity index (χ2n) is 4.85. The molecule has 0 aliphatic carbocycles. The molecule has 22 heavy (non-hydrogen) atoms. The van der Waals surface area contributed by atoms with Crippen LogP contribution < -0.4 is 4.31 Å². The summed E-state index contributed by atoms with van der Waals surface area (Å²) in [4.78, 5) is 0. The van der Waals surface area contributed by atoms with Crippen LogP contribution in [0.1, 0.15) is 6.42 Å². The van der Waals surface area contributed by atoms with Crippen LogP contribution in [0.2, 0.25) is 10.0 Å². The maximum atomic E-state index is 10.1. The fourth-order valence-electron chi connectivity index (χ4n) is 2.32. The van der Waals surface area contributed by atoms with Crippen molar-refractivity contribution in [3.8, 4) is 22.8 Å². The molecule has 1 fully saturated rings. The summed E-state index contributed by atoms with van der Waals surface area (Å²) in [5.41, 5.74) is 0.295. The first-order valence-electron chi connectivity index (χ1n) is 6.35. The van der Waals surface area contributed by atoms with Crippen LogP contribution in [0.25, 0.3) is 11.3 Å². The lowest BCUT2D eigenvalue weighted by molar-refractivity contribution is 0.409. The lowest BCUT2D eigenvalue weighted by atomic mass is 10.1. The van der Waals surface area contributed by atoms with Crippen LogP contribution in [0.3, 0.4) is 0 Å². The fraction of sp³-hybridized carbons (Fsp3) is 0.231. The maximum absolute atomic E-state index is 10.1. The SMILES string of the molecule is Oc1c(-c2cc(Cl)ccc2Cl)oc(N2CCCS2(O)O)c1O. The van der Waals surface area contributed by atoms with Gasteiger partial charge in [0.25, 0.3) is 5.88 Å². The van der Waals surface area contributed by atoms with E-state index in [1.165, 1.54) is 12.1 Å². The van der Waals surface area contributed by atoms with Gasteiger partial charge in [0.1, 0.15) is 0 Å². The summed E-state index contributed by atoms with van der Waals surface area (Å²) in [5, 5.41) is 20.8. The van der Waals surface area contributed by atoms with Crippen molar-refractivity contribution >= 4 is 39.9 Å². The normalized spacial score (nSPS) is 18.6. The number of rotatable bonds is 2. The molecule has 1 aromatic carbocycles. The van der Waals surface area contributed by atoms with Gasteiger partial charge in [0.2, 0.25) is 11.5 Å². The zero-order chi connectivity index (χ0) is 16.1. The van der Waals surface area contributed by atoms with E-state index < -0.39 is 22.3 Å². The van der Waals surface area contributed by atoms with Crippen molar-refractivity contribution in [3.63, 3.8) is 0 Å². The van der Waals surface area contributed by atoms with Crippen LogP contribution in [0.15, 0.2) is 22.6 Å². The van der Waals surface area contributed by atoms with Crippen LogP contribution in [-0.2, 0) is 0 Å². The number of benzene rings is 1. The third kappa shape index (κ3) is 2.49. The quantitative estimate of drug-likeness (QED) is 0.623. The molecule has 6 nitrogen and oxygen atoms in total. The fourth-order valence-corrected chi connectivity index (χ4v) is 4.24. The molecule has 0 saturated carbocycles. The van der Waals surface area contributed by atoms with Gasteiger partial charge in [-0.05, 0) is 24.6 Å². The molecule has 2 heterocycles. The van der Waals surface area contributed by atoms with Crippen molar-refractivity contribution in [2.24, 2.45) is 0 Å². The number of anilines is 1. The zero-order valence-electron chi connectivity index (χ0n) is 11.2. The molecule has 4 N–H and O–H groups in total. The van der Waals surface area contributed by atoms with Gasteiger partial charge in [-0.15, -0.1) is 10.8 Å². The second-order valence-corrected chi connectivity index (χ2v) is 7.81. The maximum Gasteiger partial charge on any atom is 0.261 e. The second kappa shape index (κ2) is 5.43. The highest BCUT2D eigenvalue weighted by atomic mass is 35.5. The van der Waals surface area contributed by atoms with Crippen LogP contribution >= 0.6 is 34.0 Å². The average Bonchev–Trinajstić information content (AvgIpc) is 2.94. The number of hydrogen-bond donors (Lipinski definition) is 4. The van der Waals surface area contributed by atoms with Gasteiger partial charge < -0.3 is 14.6 Å².